The molecule has 0 spiro atoms. The smallest absolute Gasteiger partial charge is 0.0256 e. The second kappa shape index (κ2) is 8.43. The van der Waals surface area contributed by atoms with Crippen LogP contribution in [0.5, 0.6) is 0 Å². The van der Waals surface area contributed by atoms with Crippen LogP contribution in [0.3, 0.4) is 0 Å². The van der Waals surface area contributed by atoms with E-state index >= 15 is 0 Å². The summed E-state index contributed by atoms with van der Waals surface area (Å²) in [6.45, 7) is 7.48. The Hall–Kier alpha value is -2.86. The van der Waals surface area contributed by atoms with Gasteiger partial charge >= 0.3 is 0 Å². The van der Waals surface area contributed by atoms with Crippen LogP contribution in [-0.2, 0) is 0 Å². The Labute approximate surface area is 133 Å². The number of allylic oxidation sites excluding steroid dienone is 5. The van der Waals surface area contributed by atoms with Gasteiger partial charge in [0.05, 0.1) is 0 Å². The van der Waals surface area contributed by atoms with Crippen LogP contribution in [0.1, 0.15) is 16.7 Å². The van der Waals surface area contributed by atoms with Gasteiger partial charge in [0, 0.05) is 0 Å². The number of hydrogen-bond donors (Lipinski definition) is 0. The minimum Gasteiger partial charge on any atom is -0.0990 e. The third-order valence-electron chi connectivity index (χ3n) is 3.22. The molecule has 0 N–H and O–H groups in total. The topological polar surface area (TPSA) is 0 Å². The second-order valence-corrected chi connectivity index (χ2v) is 4.85. The zero-order chi connectivity index (χ0) is 15.6. The molecule has 0 unspecified atom stereocenters. The molecular formula is C22H20. The number of rotatable bonds is 6. The molecule has 0 radical (unpaired) electrons. The van der Waals surface area contributed by atoms with Crippen molar-refractivity contribution in [3.8, 4) is 0 Å². The molecule has 0 nitrogen and oxygen atoms in total. The average molecular weight is 284 g/mol. The summed E-state index contributed by atoms with van der Waals surface area (Å²) in [7, 11) is 0. The summed E-state index contributed by atoms with van der Waals surface area (Å²) in [6.07, 6.45) is 13.8. The lowest BCUT2D eigenvalue weighted by atomic mass is 10.1. The summed E-state index contributed by atoms with van der Waals surface area (Å²) in [5.41, 5.74) is 4.60. The van der Waals surface area contributed by atoms with Gasteiger partial charge in [0.2, 0.25) is 0 Å². The van der Waals surface area contributed by atoms with Gasteiger partial charge < -0.3 is 0 Å². The van der Waals surface area contributed by atoms with E-state index in [1.165, 1.54) is 11.1 Å². The van der Waals surface area contributed by atoms with Crippen molar-refractivity contribution in [1.29, 1.82) is 0 Å². The minimum atomic E-state index is 1.04. The van der Waals surface area contributed by atoms with Gasteiger partial charge in [-0.15, -0.1) is 0 Å². The normalized spacial score (nSPS) is 11.9. The molecule has 0 heteroatoms. The molecule has 22 heavy (non-hydrogen) atoms. The van der Waals surface area contributed by atoms with Crippen LogP contribution < -0.4 is 0 Å². The molecule has 0 aliphatic carbocycles. The highest BCUT2D eigenvalue weighted by Gasteiger charge is 1.90. The van der Waals surface area contributed by atoms with Crippen LogP contribution in [-0.4, -0.2) is 0 Å². The molecule has 0 atom stereocenters. The van der Waals surface area contributed by atoms with Crippen molar-refractivity contribution >= 4 is 18.2 Å². The fourth-order valence-electron chi connectivity index (χ4n) is 2.00. The lowest BCUT2D eigenvalue weighted by Gasteiger charge is -1.97. The molecule has 0 saturated heterocycles. The van der Waals surface area contributed by atoms with Crippen LogP contribution in [0.4, 0.5) is 0 Å². The molecule has 2 aromatic carbocycles. The van der Waals surface area contributed by atoms with E-state index in [0.29, 0.717) is 0 Å². The molecule has 0 amide bonds. The predicted octanol–water partition coefficient (Wildman–Crippen LogP) is 6.17. The van der Waals surface area contributed by atoms with E-state index in [4.69, 9.17) is 0 Å². The molecule has 2 rings (SSSR count). The zero-order valence-corrected chi connectivity index (χ0v) is 12.7. The van der Waals surface area contributed by atoms with Crippen molar-refractivity contribution in [3.05, 3.63) is 114 Å². The van der Waals surface area contributed by atoms with Crippen LogP contribution in [0.25, 0.3) is 18.2 Å². The predicted molar refractivity (Wildman–Crippen MR) is 99.3 cm³/mol. The zero-order valence-electron chi connectivity index (χ0n) is 12.7. The van der Waals surface area contributed by atoms with Gasteiger partial charge in [-0.3, -0.25) is 0 Å². The van der Waals surface area contributed by atoms with E-state index in [-0.39, 0.29) is 0 Å². The second-order valence-electron chi connectivity index (χ2n) is 4.85. The highest BCUT2D eigenvalue weighted by molar-refractivity contribution is 5.70. The third kappa shape index (κ3) is 4.92. The standard InChI is InChI=1S/C22H20/c1-3-8-19(4-2)11-12-21-15-17-22(18-16-21)14-13-20-9-6-5-7-10-20/h3-18H,1-2H2/b12-11+,14-13+,19-8+. The monoisotopic (exact) mass is 284 g/mol. The van der Waals surface area contributed by atoms with Gasteiger partial charge in [-0.2, -0.15) is 0 Å². The highest BCUT2D eigenvalue weighted by Crippen LogP contribution is 2.12. The molecule has 0 aromatic heterocycles. The Morgan fingerprint density at radius 2 is 1.23 bits per heavy atom. The molecule has 0 fully saturated rings. The van der Waals surface area contributed by atoms with E-state index in [1.807, 2.05) is 36.4 Å². The molecule has 0 heterocycles. The maximum atomic E-state index is 3.78. The first kappa shape index (κ1) is 15.5. The van der Waals surface area contributed by atoms with Crippen molar-refractivity contribution in [2.24, 2.45) is 0 Å². The van der Waals surface area contributed by atoms with Crippen LogP contribution in [0, 0.1) is 0 Å². The van der Waals surface area contributed by atoms with E-state index in [9.17, 15) is 0 Å². The average Bonchev–Trinajstić information content (AvgIpc) is 2.58. The molecule has 0 saturated carbocycles. The first-order valence-corrected chi connectivity index (χ1v) is 7.28. The van der Waals surface area contributed by atoms with Crippen molar-refractivity contribution in [3.63, 3.8) is 0 Å². The Kier molecular flexibility index (Phi) is 5.95. The fraction of sp³-hybridized carbons (Fsp3) is 0. The molecule has 2 aromatic rings. The number of benzene rings is 2. The summed E-state index contributed by atoms with van der Waals surface area (Å²) in [5.74, 6) is 0. The van der Waals surface area contributed by atoms with E-state index in [2.05, 4.69) is 67.8 Å². The Morgan fingerprint density at radius 1 is 0.682 bits per heavy atom. The SMILES string of the molecule is C=C/C=C(C=C)/C=C/c1ccc(/C=C/c2ccccc2)cc1. The van der Waals surface area contributed by atoms with Gasteiger partial charge in [0.15, 0.2) is 0 Å². The summed E-state index contributed by atoms with van der Waals surface area (Å²) in [4.78, 5) is 0. The van der Waals surface area contributed by atoms with Gasteiger partial charge in [0.25, 0.3) is 0 Å². The Bertz CT molecular complexity index is 695. The maximum Gasteiger partial charge on any atom is -0.0256 e. The summed E-state index contributed by atoms with van der Waals surface area (Å²) < 4.78 is 0. The van der Waals surface area contributed by atoms with E-state index < -0.39 is 0 Å². The van der Waals surface area contributed by atoms with E-state index in [1.54, 1.807) is 6.08 Å². The van der Waals surface area contributed by atoms with Crippen molar-refractivity contribution in [1.82, 2.24) is 0 Å². The van der Waals surface area contributed by atoms with Crippen molar-refractivity contribution in [2.75, 3.05) is 0 Å². The van der Waals surface area contributed by atoms with Crippen LogP contribution in [0.2, 0.25) is 0 Å². The quantitative estimate of drug-likeness (QED) is 0.439. The van der Waals surface area contributed by atoms with E-state index in [0.717, 1.165) is 11.1 Å². The molecular weight excluding hydrogens is 264 g/mol. The van der Waals surface area contributed by atoms with Crippen molar-refractivity contribution in [2.45, 2.75) is 0 Å². The van der Waals surface area contributed by atoms with Gasteiger partial charge in [-0.25, -0.2) is 0 Å². The Balaban J connectivity index is 2.06. The lowest BCUT2D eigenvalue weighted by molar-refractivity contribution is 1.61. The summed E-state index contributed by atoms with van der Waals surface area (Å²) >= 11 is 0. The molecule has 0 aliphatic rings. The molecule has 0 aliphatic heterocycles. The van der Waals surface area contributed by atoms with Crippen LogP contribution >= 0.6 is 0 Å². The van der Waals surface area contributed by atoms with Crippen molar-refractivity contribution < 1.29 is 0 Å². The first-order valence-electron chi connectivity index (χ1n) is 7.28. The molecule has 108 valence electrons. The largest absolute Gasteiger partial charge is 0.0990 e. The Morgan fingerprint density at radius 3 is 1.77 bits per heavy atom. The highest BCUT2D eigenvalue weighted by atomic mass is 14.0. The van der Waals surface area contributed by atoms with Gasteiger partial charge in [-0.05, 0) is 22.3 Å². The maximum absolute atomic E-state index is 3.78. The van der Waals surface area contributed by atoms with Crippen LogP contribution in [0.15, 0.2) is 97.6 Å². The van der Waals surface area contributed by atoms with Gasteiger partial charge in [-0.1, -0.05) is 110 Å². The minimum absolute atomic E-state index is 1.04. The number of hydrogen-bond acceptors (Lipinski definition) is 0. The fourth-order valence-corrected chi connectivity index (χ4v) is 2.00. The lowest BCUT2D eigenvalue weighted by Crippen LogP contribution is -1.76. The van der Waals surface area contributed by atoms with Gasteiger partial charge in [0.1, 0.15) is 0 Å². The summed E-state index contributed by atoms with van der Waals surface area (Å²) in [6, 6.07) is 18.7. The third-order valence-corrected chi connectivity index (χ3v) is 3.22. The first-order chi connectivity index (χ1) is 10.8. The molecule has 0 bridgehead atoms. The summed E-state index contributed by atoms with van der Waals surface area (Å²) in [5, 5.41) is 0.